The lowest BCUT2D eigenvalue weighted by molar-refractivity contribution is -0.150. The van der Waals surface area contributed by atoms with Crippen LogP contribution < -0.4 is 0 Å². The fourth-order valence-electron chi connectivity index (χ4n) is 0.466. The minimum absolute atomic E-state index is 0.0778. The van der Waals surface area contributed by atoms with Crippen LogP contribution in [-0.4, -0.2) is 29.2 Å². The molecule has 0 aromatic heterocycles. The van der Waals surface area contributed by atoms with Crippen LogP contribution in [-0.2, 0) is 9.53 Å². The highest BCUT2D eigenvalue weighted by atomic mass is 35.5. The van der Waals surface area contributed by atoms with E-state index in [1.54, 1.807) is 6.92 Å². The zero-order valence-corrected chi connectivity index (χ0v) is 6.76. The third-order valence-corrected chi connectivity index (χ3v) is 1.37. The van der Waals surface area contributed by atoms with Crippen molar-refractivity contribution in [1.82, 2.24) is 0 Å². The van der Waals surface area contributed by atoms with Gasteiger partial charge in [-0.2, -0.15) is 0 Å². The first-order chi connectivity index (χ1) is 4.57. The lowest BCUT2D eigenvalue weighted by Gasteiger charge is -2.15. The normalized spacial score (nSPS) is 16.0. The highest BCUT2D eigenvalue weighted by molar-refractivity contribution is 6.18. The van der Waals surface area contributed by atoms with Gasteiger partial charge in [0.05, 0.1) is 5.88 Å². The molecule has 0 fully saturated rings. The van der Waals surface area contributed by atoms with Gasteiger partial charge in [-0.1, -0.05) is 0 Å². The van der Waals surface area contributed by atoms with Crippen molar-refractivity contribution in [3.8, 4) is 0 Å². The summed E-state index contributed by atoms with van der Waals surface area (Å²) in [7, 11) is 0. The SMILES string of the molecule is CC(=O)OC(C)C(O)CCl. The van der Waals surface area contributed by atoms with Crippen molar-refractivity contribution in [2.45, 2.75) is 26.1 Å². The second-order valence-electron chi connectivity index (χ2n) is 2.04. The number of carbonyl (C=O) groups excluding carboxylic acids is 1. The van der Waals surface area contributed by atoms with Gasteiger partial charge in [0, 0.05) is 6.92 Å². The number of carbonyl (C=O) groups is 1. The zero-order chi connectivity index (χ0) is 8.15. The summed E-state index contributed by atoms with van der Waals surface area (Å²) in [5.41, 5.74) is 0. The molecule has 60 valence electrons. The zero-order valence-electron chi connectivity index (χ0n) is 6.00. The van der Waals surface area contributed by atoms with Crippen LogP contribution in [0.25, 0.3) is 0 Å². The number of ether oxygens (including phenoxy) is 1. The molecule has 0 heterocycles. The lowest BCUT2D eigenvalue weighted by Crippen LogP contribution is -2.28. The van der Waals surface area contributed by atoms with Crippen molar-refractivity contribution in [1.29, 1.82) is 0 Å². The Morgan fingerprint density at radius 3 is 2.60 bits per heavy atom. The Hall–Kier alpha value is -0.280. The second-order valence-corrected chi connectivity index (χ2v) is 2.34. The number of halogens is 1. The van der Waals surface area contributed by atoms with Gasteiger partial charge in [0.25, 0.3) is 0 Å². The largest absolute Gasteiger partial charge is 0.460 e. The monoisotopic (exact) mass is 166 g/mol. The fraction of sp³-hybridized carbons (Fsp3) is 0.833. The molecule has 2 unspecified atom stereocenters. The third kappa shape index (κ3) is 3.69. The molecule has 0 aromatic rings. The Morgan fingerprint density at radius 2 is 2.30 bits per heavy atom. The molecule has 3 nitrogen and oxygen atoms in total. The van der Waals surface area contributed by atoms with Crippen LogP contribution >= 0.6 is 11.6 Å². The van der Waals surface area contributed by atoms with Crippen LogP contribution in [0, 0.1) is 0 Å². The van der Waals surface area contributed by atoms with E-state index in [9.17, 15) is 4.79 Å². The van der Waals surface area contributed by atoms with Crippen molar-refractivity contribution in [3.05, 3.63) is 0 Å². The summed E-state index contributed by atoms with van der Waals surface area (Å²) < 4.78 is 4.63. The predicted molar refractivity (Wildman–Crippen MR) is 38.0 cm³/mol. The summed E-state index contributed by atoms with van der Waals surface area (Å²) in [5.74, 6) is -0.328. The lowest BCUT2D eigenvalue weighted by atomic mass is 10.2. The molecule has 0 radical (unpaired) electrons. The Balaban J connectivity index is 3.61. The van der Waals surface area contributed by atoms with Crippen LogP contribution in [0.3, 0.4) is 0 Å². The standard InChI is InChI=1S/C6H11ClO3/c1-4(6(9)3-7)10-5(2)8/h4,6,9H,3H2,1-2H3. The molecule has 0 amide bonds. The molecule has 0 aliphatic carbocycles. The topological polar surface area (TPSA) is 46.5 Å². The van der Waals surface area contributed by atoms with Gasteiger partial charge in [-0.15, -0.1) is 11.6 Å². The molecule has 0 aliphatic rings. The first-order valence-electron chi connectivity index (χ1n) is 2.99. The van der Waals surface area contributed by atoms with E-state index in [-0.39, 0.29) is 5.88 Å². The van der Waals surface area contributed by atoms with Crippen LogP contribution in [0.15, 0.2) is 0 Å². The number of aliphatic hydroxyl groups is 1. The summed E-state index contributed by atoms with van der Waals surface area (Å²) in [6.45, 7) is 2.88. The number of hydrogen-bond donors (Lipinski definition) is 1. The summed E-state index contributed by atoms with van der Waals surface area (Å²) in [4.78, 5) is 10.3. The van der Waals surface area contributed by atoms with Crippen molar-refractivity contribution in [2.24, 2.45) is 0 Å². The maximum absolute atomic E-state index is 10.3. The van der Waals surface area contributed by atoms with Gasteiger partial charge in [0.15, 0.2) is 0 Å². The van der Waals surface area contributed by atoms with Crippen LogP contribution in [0.5, 0.6) is 0 Å². The number of alkyl halides is 1. The number of esters is 1. The van der Waals surface area contributed by atoms with Crippen LogP contribution in [0.2, 0.25) is 0 Å². The van der Waals surface area contributed by atoms with E-state index in [2.05, 4.69) is 4.74 Å². The van der Waals surface area contributed by atoms with E-state index < -0.39 is 18.2 Å². The molecular weight excluding hydrogens is 156 g/mol. The number of rotatable bonds is 3. The molecule has 2 atom stereocenters. The van der Waals surface area contributed by atoms with E-state index in [1.807, 2.05) is 0 Å². The van der Waals surface area contributed by atoms with Crippen molar-refractivity contribution >= 4 is 17.6 Å². The van der Waals surface area contributed by atoms with E-state index >= 15 is 0 Å². The molecule has 0 bridgehead atoms. The number of hydrogen-bond acceptors (Lipinski definition) is 3. The quantitative estimate of drug-likeness (QED) is 0.492. The van der Waals surface area contributed by atoms with Gasteiger partial charge in [-0.3, -0.25) is 4.79 Å². The summed E-state index contributed by atoms with van der Waals surface area (Å²) >= 11 is 5.29. The van der Waals surface area contributed by atoms with Gasteiger partial charge in [0.1, 0.15) is 12.2 Å². The molecule has 0 aromatic carbocycles. The molecule has 0 aliphatic heterocycles. The molecular formula is C6H11ClO3. The van der Waals surface area contributed by atoms with Crippen LogP contribution in [0.1, 0.15) is 13.8 Å². The highest BCUT2D eigenvalue weighted by Crippen LogP contribution is 2.00. The van der Waals surface area contributed by atoms with Gasteiger partial charge in [-0.05, 0) is 6.92 Å². The molecule has 10 heavy (non-hydrogen) atoms. The first-order valence-corrected chi connectivity index (χ1v) is 3.52. The molecule has 0 rings (SSSR count). The van der Waals surface area contributed by atoms with Crippen molar-refractivity contribution in [3.63, 3.8) is 0 Å². The second kappa shape index (κ2) is 4.52. The maximum Gasteiger partial charge on any atom is 0.302 e. The average molecular weight is 167 g/mol. The first kappa shape index (κ1) is 9.72. The minimum atomic E-state index is -0.773. The van der Waals surface area contributed by atoms with Crippen molar-refractivity contribution < 1.29 is 14.6 Å². The van der Waals surface area contributed by atoms with E-state index in [4.69, 9.17) is 16.7 Å². The third-order valence-electron chi connectivity index (χ3n) is 1.05. The van der Waals surface area contributed by atoms with Gasteiger partial charge in [0.2, 0.25) is 0 Å². The predicted octanol–water partition coefficient (Wildman–Crippen LogP) is 0.538. The van der Waals surface area contributed by atoms with E-state index in [0.29, 0.717) is 0 Å². The summed E-state index contributed by atoms with van der Waals surface area (Å²) in [6, 6.07) is 0. The van der Waals surface area contributed by atoms with Crippen LogP contribution in [0.4, 0.5) is 0 Å². The van der Waals surface area contributed by atoms with Crippen molar-refractivity contribution in [2.75, 3.05) is 5.88 Å². The number of aliphatic hydroxyl groups excluding tert-OH is 1. The van der Waals surface area contributed by atoms with E-state index in [0.717, 1.165) is 0 Å². The Kier molecular flexibility index (Phi) is 4.40. The van der Waals surface area contributed by atoms with Gasteiger partial charge >= 0.3 is 5.97 Å². The molecule has 1 N–H and O–H groups in total. The summed E-state index contributed by atoms with van der Waals surface area (Å²) in [5, 5.41) is 8.97. The fourth-order valence-corrected chi connectivity index (χ4v) is 0.717. The Morgan fingerprint density at radius 1 is 1.80 bits per heavy atom. The van der Waals surface area contributed by atoms with E-state index in [1.165, 1.54) is 6.92 Å². The minimum Gasteiger partial charge on any atom is -0.460 e. The molecule has 0 saturated carbocycles. The summed E-state index contributed by atoms with van der Waals surface area (Å²) in [6.07, 6.45) is -1.29. The maximum atomic E-state index is 10.3. The van der Waals surface area contributed by atoms with Gasteiger partial charge < -0.3 is 9.84 Å². The Bertz CT molecular complexity index is 116. The van der Waals surface area contributed by atoms with Gasteiger partial charge in [-0.25, -0.2) is 0 Å². The molecule has 0 spiro atoms. The molecule has 0 saturated heterocycles. The average Bonchev–Trinajstić information content (AvgIpc) is 1.85. The molecule has 4 heteroatoms. The smallest absolute Gasteiger partial charge is 0.302 e. The highest BCUT2D eigenvalue weighted by Gasteiger charge is 2.14. The Labute approximate surface area is 64.9 Å².